The second-order valence-electron chi connectivity index (χ2n) is 22.1. The van der Waals surface area contributed by atoms with Crippen LogP contribution in [0.1, 0.15) is 69.9 Å². The van der Waals surface area contributed by atoms with Crippen LogP contribution in [-0.4, -0.2) is 267 Å². The van der Waals surface area contributed by atoms with E-state index in [9.17, 15) is 40.9 Å². The van der Waals surface area contributed by atoms with Crippen LogP contribution in [-0.2, 0) is 60.3 Å². The molecule has 2 saturated carbocycles. The lowest BCUT2D eigenvalue weighted by Crippen LogP contribution is -2.68. The monoisotopic (exact) mass is 1140 g/mol. The maximum Gasteiger partial charge on any atom is 0.186 e. The molecule has 28 N–H and O–H groups in total. The minimum atomic E-state index is -1.48. The highest BCUT2D eigenvalue weighted by molar-refractivity contribution is 5.04. The maximum absolute atomic E-state index is 11.0. The van der Waals surface area contributed by atoms with E-state index in [0.717, 1.165) is 25.0 Å². The maximum atomic E-state index is 11.0. The van der Waals surface area contributed by atoms with Crippen LogP contribution in [0.25, 0.3) is 0 Å². The van der Waals surface area contributed by atoms with Gasteiger partial charge in [0.15, 0.2) is 25.2 Å². The highest BCUT2D eigenvalue weighted by Gasteiger charge is 2.53. The smallest absolute Gasteiger partial charge is 0.186 e. The highest BCUT2D eigenvalue weighted by atomic mass is 16.7. The van der Waals surface area contributed by atoms with E-state index >= 15 is 0 Å². The molecule has 1 aromatic rings. The summed E-state index contributed by atoms with van der Waals surface area (Å²) in [5.41, 5.74) is 64.0. The SMILES string of the molecule is NC[C@H]1O[C@H](O[C@H]2[C@H](OCCCCCCn3cc(CCCCO[C@@H]4[C@@H](O[C@H]5O[C@H](CO)[C@@H](O)[C@H](N)[C@H]5O)[C@H](N)C[C@H](N)[C@H]4O[C@H]4O[C@H](CN)[C@@H](O)C[C@H]4N)nn3)[C@@H](O[C@H]3O[C@H](CO)[C@@H](O)[C@H](N)[C@H]3O)[C@H](N)C[C@@H]2N)[C@H](N)C[C@@H]1O. The lowest BCUT2D eigenvalue weighted by molar-refractivity contribution is -0.318. The molecule has 0 unspecified atom stereocenters. The highest BCUT2D eigenvalue weighted by Crippen LogP contribution is 2.35. The van der Waals surface area contributed by atoms with Crippen LogP contribution in [0.15, 0.2) is 6.20 Å². The number of hydrogen-bond donors (Lipinski definition) is 18. The number of aromatic nitrogens is 3. The van der Waals surface area contributed by atoms with Gasteiger partial charge < -0.3 is 146 Å². The number of nitrogens with two attached hydrogens (primary N) is 10. The van der Waals surface area contributed by atoms with Gasteiger partial charge >= 0.3 is 0 Å². The lowest BCUT2D eigenvalue weighted by atomic mass is 9.84. The van der Waals surface area contributed by atoms with Gasteiger partial charge in [-0.2, -0.15) is 0 Å². The van der Waals surface area contributed by atoms with Gasteiger partial charge in [-0.05, 0) is 57.8 Å². The molecule has 458 valence electrons. The van der Waals surface area contributed by atoms with Gasteiger partial charge in [-0.1, -0.05) is 18.1 Å². The van der Waals surface area contributed by atoms with Crippen molar-refractivity contribution in [1.29, 1.82) is 0 Å². The van der Waals surface area contributed by atoms with Gasteiger partial charge in [-0.3, -0.25) is 4.68 Å². The first-order chi connectivity index (χ1) is 37.8. The average molecular weight is 1140 g/mol. The Morgan fingerprint density at radius 2 is 0.861 bits per heavy atom. The third kappa shape index (κ3) is 16.1. The zero-order valence-electron chi connectivity index (χ0n) is 44.7. The van der Waals surface area contributed by atoms with Crippen molar-refractivity contribution in [2.75, 3.05) is 39.5 Å². The molecule has 0 radical (unpaired) electrons. The average Bonchev–Trinajstić information content (AvgIpc) is 3.91. The molecule has 79 heavy (non-hydrogen) atoms. The van der Waals surface area contributed by atoms with Gasteiger partial charge in [0.1, 0.15) is 73.2 Å². The number of aryl methyl sites for hydroxylation is 2. The Balaban J connectivity index is 0.898. The Bertz CT molecular complexity index is 1930. The Morgan fingerprint density at radius 1 is 0.468 bits per heavy atom. The summed E-state index contributed by atoms with van der Waals surface area (Å²) in [7, 11) is 0. The van der Waals surface area contributed by atoms with Gasteiger partial charge in [-0.15, -0.1) is 5.10 Å². The van der Waals surface area contributed by atoms with E-state index in [1.807, 2.05) is 6.20 Å². The first kappa shape index (κ1) is 64.6. The number of aliphatic hydroxyl groups excluding tert-OH is 8. The van der Waals surface area contributed by atoms with E-state index in [1.54, 1.807) is 4.68 Å². The van der Waals surface area contributed by atoms with E-state index in [-0.39, 0.29) is 52.0 Å². The van der Waals surface area contributed by atoms with Crippen LogP contribution in [0.4, 0.5) is 0 Å². The zero-order chi connectivity index (χ0) is 57.2. The molecular formula is C48H93N13O18. The summed E-state index contributed by atoms with van der Waals surface area (Å²) in [6, 6.07) is -6.65. The van der Waals surface area contributed by atoms with Crippen LogP contribution >= 0.6 is 0 Å². The molecule has 0 aromatic carbocycles. The second-order valence-corrected chi connectivity index (χ2v) is 22.1. The molecular weight excluding hydrogens is 1050 g/mol. The molecule has 6 fully saturated rings. The van der Waals surface area contributed by atoms with E-state index in [1.165, 1.54) is 0 Å². The van der Waals surface area contributed by atoms with Crippen LogP contribution in [0.5, 0.6) is 0 Å². The van der Waals surface area contributed by atoms with Gasteiger partial charge in [0, 0.05) is 63.2 Å². The predicted molar refractivity (Wildman–Crippen MR) is 276 cm³/mol. The second kappa shape index (κ2) is 30.2. The molecule has 1 aromatic heterocycles. The van der Waals surface area contributed by atoms with Crippen molar-refractivity contribution in [2.24, 2.45) is 57.3 Å². The van der Waals surface area contributed by atoms with Crippen molar-refractivity contribution in [2.45, 2.75) is 248 Å². The minimum absolute atomic E-state index is 0.0235. The van der Waals surface area contributed by atoms with Gasteiger partial charge in [0.2, 0.25) is 0 Å². The third-order valence-electron chi connectivity index (χ3n) is 16.1. The molecule has 0 amide bonds. The minimum Gasteiger partial charge on any atom is -0.394 e. The lowest BCUT2D eigenvalue weighted by Gasteiger charge is -2.49. The van der Waals surface area contributed by atoms with Gasteiger partial charge in [0.25, 0.3) is 0 Å². The Labute approximate surface area is 459 Å². The van der Waals surface area contributed by atoms with Gasteiger partial charge in [0.05, 0.1) is 67.5 Å². The molecule has 4 aliphatic heterocycles. The molecule has 0 bridgehead atoms. The van der Waals surface area contributed by atoms with Crippen LogP contribution in [0.2, 0.25) is 0 Å². The summed E-state index contributed by atoms with van der Waals surface area (Å²) >= 11 is 0. The number of nitrogens with zero attached hydrogens (tertiary/aromatic N) is 3. The molecule has 7 rings (SSSR count). The number of aliphatic hydroxyl groups is 8. The van der Waals surface area contributed by atoms with Crippen molar-refractivity contribution < 1.29 is 88.2 Å². The summed E-state index contributed by atoms with van der Waals surface area (Å²) in [6.07, 6.45) is -14.1. The van der Waals surface area contributed by atoms with E-state index in [4.69, 9.17) is 105 Å². The van der Waals surface area contributed by atoms with Crippen molar-refractivity contribution in [3.8, 4) is 0 Å². The topological polar surface area (TPSA) is 545 Å². The molecule has 6 aliphatic rings. The molecule has 0 spiro atoms. The summed E-state index contributed by atoms with van der Waals surface area (Å²) in [5, 5.41) is 92.2. The molecule has 31 heteroatoms. The van der Waals surface area contributed by atoms with Crippen molar-refractivity contribution in [3.63, 3.8) is 0 Å². The van der Waals surface area contributed by atoms with E-state index < -0.39 is 184 Å². The Hall–Kier alpha value is -1.98. The Morgan fingerprint density at radius 3 is 1.28 bits per heavy atom. The summed E-state index contributed by atoms with van der Waals surface area (Å²) in [5.74, 6) is 0. The fourth-order valence-corrected chi connectivity index (χ4v) is 11.3. The van der Waals surface area contributed by atoms with Crippen molar-refractivity contribution in [3.05, 3.63) is 11.9 Å². The molecule has 28 atom stereocenters. The number of rotatable bonds is 26. The van der Waals surface area contributed by atoms with Crippen LogP contribution in [0, 0.1) is 0 Å². The fourth-order valence-electron chi connectivity index (χ4n) is 11.3. The fraction of sp³-hybridized carbons (Fsp3) is 0.958. The van der Waals surface area contributed by atoms with E-state index in [0.29, 0.717) is 32.2 Å². The molecule has 31 nitrogen and oxygen atoms in total. The normalized spacial score (nSPS) is 45.2. The number of ether oxygens (including phenoxy) is 10. The molecule has 5 heterocycles. The number of unbranched alkanes of at least 4 members (excludes halogenated alkanes) is 4. The summed E-state index contributed by atoms with van der Waals surface area (Å²) < 4.78 is 63.6. The first-order valence-corrected chi connectivity index (χ1v) is 27.9. The summed E-state index contributed by atoms with van der Waals surface area (Å²) in [6.45, 7) is -0.0682. The molecule has 2 aliphatic carbocycles. The van der Waals surface area contributed by atoms with Crippen LogP contribution < -0.4 is 57.3 Å². The van der Waals surface area contributed by atoms with Crippen molar-refractivity contribution >= 4 is 0 Å². The Kier molecular flexibility index (Phi) is 24.7. The van der Waals surface area contributed by atoms with Gasteiger partial charge in [-0.25, -0.2) is 0 Å². The predicted octanol–water partition coefficient (Wildman–Crippen LogP) is -9.35. The van der Waals surface area contributed by atoms with Crippen LogP contribution in [0.3, 0.4) is 0 Å². The standard InChI is InChI=1S/C48H93N13O18/c49-15-29-27(64)13-25(55)45(72-29)76-39-21(51)11-23(53)41(78-47-37(68)33(57)35(66)31(18-62)74-47)43(39)70-9-5-2-1-4-8-61-17-20(59-60-61)7-3-6-10-71-44-40(77-46-26(56)14-28(65)30(16-50)73-46)22(52)12-24(54)42(44)79-48-38(69)34(58)36(67)32(19-63)75-48/h17,21-48,62-69H,1-16,18-19,49-58H2/t21-,22-,23+,24+,25+,26+,27-,28-,29+,30+,31+,32+,33-,34-,35+,36+,37+,38+,39+,40+,41-,42-,43-,44-,45+,46+,47+,48+/m0/s1. The van der Waals surface area contributed by atoms with E-state index in [2.05, 4.69) is 10.3 Å². The third-order valence-corrected chi connectivity index (χ3v) is 16.1. The van der Waals surface area contributed by atoms with Crippen molar-refractivity contribution in [1.82, 2.24) is 15.0 Å². The zero-order valence-corrected chi connectivity index (χ0v) is 44.7. The quantitative estimate of drug-likeness (QED) is 0.0383. The summed E-state index contributed by atoms with van der Waals surface area (Å²) in [4.78, 5) is 0. The first-order valence-electron chi connectivity index (χ1n) is 27.9. The largest absolute Gasteiger partial charge is 0.394 e. The number of hydrogen-bond acceptors (Lipinski definition) is 30. The molecule has 4 saturated heterocycles.